The molecule has 1 spiro atoms. The highest BCUT2D eigenvalue weighted by molar-refractivity contribution is 6.20. The van der Waals surface area contributed by atoms with E-state index in [4.69, 9.17) is 4.74 Å². The van der Waals surface area contributed by atoms with Crippen LogP contribution in [0.5, 0.6) is 0 Å². The molecule has 3 aliphatic heterocycles. The van der Waals surface area contributed by atoms with Gasteiger partial charge in [0.05, 0.1) is 18.2 Å². The number of anilines is 1. The van der Waals surface area contributed by atoms with Crippen molar-refractivity contribution in [2.75, 3.05) is 11.4 Å². The number of benzene rings is 1. The zero-order valence-electron chi connectivity index (χ0n) is 17.7. The van der Waals surface area contributed by atoms with Gasteiger partial charge in [-0.15, -0.1) is 0 Å². The maximum absolute atomic E-state index is 13.2. The average Bonchev–Trinajstić information content (AvgIpc) is 2.76. The van der Waals surface area contributed by atoms with Crippen LogP contribution in [0.2, 0.25) is 0 Å². The zero-order chi connectivity index (χ0) is 22.5. The third kappa shape index (κ3) is 3.13. The third-order valence-electron chi connectivity index (χ3n) is 6.31. The van der Waals surface area contributed by atoms with E-state index in [0.29, 0.717) is 12.2 Å². The van der Waals surface area contributed by atoms with Crippen molar-refractivity contribution in [3.8, 4) is 11.8 Å². The van der Waals surface area contributed by atoms with Gasteiger partial charge < -0.3 is 9.64 Å². The lowest BCUT2D eigenvalue weighted by molar-refractivity contribution is -0.153. The van der Waals surface area contributed by atoms with Crippen molar-refractivity contribution < 1.29 is 19.1 Å². The second-order valence-electron chi connectivity index (χ2n) is 8.44. The van der Waals surface area contributed by atoms with Crippen LogP contribution in [0, 0.1) is 17.3 Å². The van der Waals surface area contributed by atoms with Crippen LogP contribution in [-0.2, 0) is 20.7 Å². The van der Waals surface area contributed by atoms with Crippen molar-refractivity contribution in [1.29, 1.82) is 0 Å². The Kier molecular flexibility index (Phi) is 4.72. The molecule has 8 nitrogen and oxygen atoms in total. The number of pyridine rings is 1. The fourth-order valence-electron chi connectivity index (χ4n) is 5.10. The Balaban J connectivity index is 1.61. The standard InChI is InChI=1S/C24H22N4O4/c1-14-13-28-19-9-7-16(6-8-18-5-3-4-10-25-18)11-17(19)12-24(20(28)15(2)32-14)21(29)26-23(31)27-22(24)30/h3-5,7,9-11,14-15,20H,12-13H2,1-2H3,(H2,26,27,29,30,31)/t14-,15+,20?/m1/s1. The van der Waals surface area contributed by atoms with Gasteiger partial charge in [0.15, 0.2) is 5.41 Å². The van der Waals surface area contributed by atoms with Crippen LogP contribution in [0.15, 0.2) is 42.6 Å². The normalized spacial score (nSPS) is 25.8. The van der Waals surface area contributed by atoms with E-state index in [-0.39, 0.29) is 18.6 Å². The molecule has 2 aromatic rings. The fraction of sp³-hybridized carbons (Fsp3) is 0.333. The SMILES string of the molecule is C[C@@H]1CN2c3ccc(C#Cc4ccccn4)cc3CC3(C(=O)NC(=O)NC3=O)C2[C@H](C)O1. The molecular formula is C24H22N4O4. The molecule has 1 unspecified atom stereocenters. The highest BCUT2D eigenvalue weighted by atomic mass is 16.5. The van der Waals surface area contributed by atoms with Crippen molar-refractivity contribution >= 4 is 23.5 Å². The van der Waals surface area contributed by atoms with Gasteiger partial charge in [0.1, 0.15) is 5.69 Å². The number of carbonyl (C=O) groups is 3. The molecule has 3 atom stereocenters. The number of rotatable bonds is 0. The number of fused-ring (bicyclic) bond motifs is 4. The van der Waals surface area contributed by atoms with Gasteiger partial charge in [0, 0.05) is 24.0 Å². The molecule has 0 bridgehead atoms. The number of nitrogens with one attached hydrogen (secondary N) is 2. The Labute approximate surface area is 185 Å². The number of aromatic nitrogens is 1. The van der Waals surface area contributed by atoms with Gasteiger partial charge in [-0.05, 0) is 62.1 Å². The van der Waals surface area contributed by atoms with Crippen LogP contribution in [0.3, 0.4) is 0 Å². The van der Waals surface area contributed by atoms with Crippen molar-refractivity contribution in [3.05, 3.63) is 59.4 Å². The summed E-state index contributed by atoms with van der Waals surface area (Å²) in [6.45, 7) is 4.35. The van der Waals surface area contributed by atoms with E-state index >= 15 is 0 Å². The van der Waals surface area contributed by atoms with E-state index in [0.717, 1.165) is 16.8 Å². The Morgan fingerprint density at radius 3 is 2.59 bits per heavy atom. The predicted octanol–water partition coefficient (Wildman–Crippen LogP) is 1.37. The van der Waals surface area contributed by atoms with Gasteiger partial charge in [-0.25, -0.2) is 9.78 Å². The van der Waals surface area contributed by atoms with E-state index in [2.05, 4.69) is 32.4 Å². The summed E-state index contributed by atoms with van der Waals surface area (Å²) in [5.41, 5.74) is 1.71. The van der Waals surface area contributed by atoms with Crippen molar-refractivity contribution in [2.24, 2.45) is 5.41 Å². The number of ether oxygens (including phenoxy) is 1. The Bertz CT molecular complexity index is 1160. The lowest BCUT2D eigenvalue weighted by atomic mass is 9.66. The fourth-order valence-corrected chi connectivity index (χ4v) is 5.10. The van der Waals surface area contributed by atoms with Crippen LogP contribution >= 0.6 is 0 Å². The molecule has 32 heavy (non-hydrogen) atoms. The number of urea groups is 1. The molecule has 2 fully saturated rings. The summed E-state index contributed by atoms with van der Waals surface area (Å²) in [5, 5.41) is 4.60. The quantitative estimate of drug-likeness (QED) is 0.484. The Morgan fingerprint density at radius 1 is 1.09 bits per heavy atom. The lowest BCUT2D eigenvalue weighted by Crippen LogP contribution is -2.75. The monoisotopic (exact) mass is 430 g/mol. The first kappa shape index (κ1) is 20.2. The van der Waals surface area contributed by atoms with Crippen molar-refractivity contribution in [2.45, 2.75) is 38.5 Å². The molecule has 5 rings (SSSR count). The van der Waals surface area contributed by atoms with Gasteiger partial charge in [-0.3, -0.25) is 20.2 Å². The minimum Gasteiger partial charge on any atom is -0.372 e. The van der Waals surface area contributed by atoms with Crippen LogP contribution in [-0.4, -0.2) is 47.6 Å². The summed E-state index contributed by atoms with van der Waals surface area (Å²) in [6, 6.07) is 10.0. The number of nitrogens with zero attached hydrogens (tertiary/aromatic N) is 2. The smallest absolute Gasteiger partial charge is 0.328 e. The molecule has 0 aliphatic carbocycles. The summed E-state index contributed by atoms with van der Waals surface area (Å²) < 4.78 is 6.02. The third-order valence-corrected chi connectivity index (χ3v) is 6.31. The van der Waals surface area contributed by atoms with E-state index in [1.165, 1.54) is 0 Å². The van der Waals surface area contributed by atoms with Crippen LogP contribution in [0.25, 0.3) is 0 Å². The first-order valence-corrected chi connectivity index (χ1v) is 10.5. The Hall–Kier alpha value is -3.70. The Morgan fingerprint density at radius 2 is 1.88 bits per heavy atom. The van der Waals surface area contributed by atoms with Gasteiger partial charge in [-0.2, -0.15) is 0 Å². The number of imide groups is 2. The molecule has 2 saturated heterocycles. The second-order valence-corrected chi connectivity index (χ2v) is 8.44. The minimum atomic E-state index is -1.48. The number of morpholine rings is 1. The molecule has 2 N–H and O–H groups in total. The maximum Gasteiger partial charge on any atom is 0.328 e. The summed E-state index contributed by atoms with van der Waals surface area (Å²) in [4.78, 5) is 44.4. The first-order valence-electron chi connectivity index (χ1n) is 10.5. The molecule has 1 aromatic heterocycles. The minimum absolute atomic E-state index is 0.0794. The summed E-state index contributed by atoms with van der Waals surface area (Å²) in [5.74, 6) is 4.95. The lowest BCUT2D eigenvalue weighted by Gasteiger charge is -2.55. The summed E-state index contributed by atoms with van der Waals surface area (Å²) in [6.07, 6.45) is 1.36. The number of amides is 4. The molecule has 8 heteroatoms. The van der Waals surface area contributed by atoms with E-state index in [9.17, 15) is 14.4 Å². The number of barbiturate groups is 1. The highest BCUT2D eigenvalue weighted by Crippen LogP contribution is 2.46. The van der Waals surface area contributed by atoms with Gasteiger partial charge in [0.25, 0.3) is 0 Å². The number of hydrogen-bond donors (Lipinski definition) is 2. The van der Waals surface area contributed by atoms with E-state index in [1.807, 2.05) is 50.2 Å². The molecule has 4 amide bonds. The maximum atomic E-state index is 13.2. The van der Waals surface area contributed by atoms with Crippen molar-refractivity contribution in [1.82, 2.24) is 15.6 Å². The largest absolute Gasteiger partial charge is 0.372 e. The van der Waals surface area contributed by atoms with Crippen LogP contribution in [0.4, 0.5) is 10.5 Å². The van der Waals surface area contributed by atoms with Crippen molar-refractivity contribution in [3.63, 3.8) is 0 Å². The molecular weight excluding hydrogens is 408 g/mol. The topological polar surface area (TPSA) is 101 Å². The number of hydrogen-bond acceptors (Lipinski definition) is 6. The molecule has 4 heterocycles. The van der Waals surface area contributed by atoms with E-state index < -0.39 is 29.3 Å². The summed E-state index contributed by atoms with van der Waals surface area (Å²) >= 11 is 0. The van der Waals surface area contributed by atoms with Crippen LogP contribution < -0.4 is 15.5 Å². The highest BCUT2D eigenvalue weighted by Gasteiger charge is 2.62. The molecule has 3 aliphatic rings. The van der Waals surface area contributed by atoms with E-state index in [1.54, 1.807) is 6.20 Å². The molecule has 1 aromatic carbocycles. The first-order chi connectivity index (χ1) is 15.4. The zero-order valence-corrected chi connectivity index (χ0v) is 17.7. The number of carbonyl (C=O) groups excluding carboxylic acids is 3. The molecule has 0 saturated carbocycles. The van der Waals surface area contributed by atoms with Gasteiger partial charge >= 0.3 is 6.03 Å². The van der Waals surface area contributed by atoms with Gasteiger partial charge in [0.2, 0.25) is 11.8 Å². The predicted molar refractivity (Wildman–Crippen MR) is 116 cm³/mol. The summed E-state index contributed by atoms with van der Waals surface area (Å²) in [7, 11) is 0. The molecule has 162 valence electrons. The average molecular weight is 430 g/mol. The van der Waals surface area contributed by atoms with Gasteiger partial charge in [-0.1, -0.05) is 12.0 Å². The molecule has 0 radical (unpaired) electrons. The second kappa shape index (κ2) is 7.46. The van der Waals surface area contributed by atoms with Crippen LogP contribution in [0.1, 0.15) is 30.7 Å².